The highest BCUT2D eigenvalue weighted by Crippen LogP contribution is 2.17. The number of guanidine groups is 1. The van der Waals surface area contributed by atoms with E-state index in [4.69, 9.17) is 4.74 Å². The zero-order valence-electron chi connectivity index (χ0n) is 12.0. The number of rotatable bonds is 7. The molecule has 2 N–H and O–H groups in total. The Kier molecular flexibility index (Phi) is 7.35. The molecule has 1 aromatic rings. The second kappa shape index (κ2) is 9.09. The van der Waals surface area contributed by atoms with Crippen molar-refractivity contribution in [2.45, 2.75) is 13.0 Å². The van der Waals surface area contributed by atoms with Crippen molar-refractivity contribution in [1.82, 2.24) is 10.6 Å². The summed E-state index contributed by atoms with van der Waals surface area (Å²) < 4.78 is 18.3. The lowest BCUT2D eigenvalue weighted by molar-refractivity contribution is 0.111. The van der Waals surface area contributed by atoms with Crippen molar-refractivity contribution in [3.63, 3.8) is 0 Å². The van der Waals surface area contributed by atoms with Crippen molar-refractivity contribution < 1.29 is 9.13 Å². The summed E-state index contributed by atoms with van der Waals surface area (Å²) >= 11 is 0. The van der Waals surface area contributed by atoms with Crippen molar-refractivity contribution in [1.29, 1.82) is 0 Å². The van der Waals surface area contributed by atoms with Gasteiger partial charge in [0.2, 0.25) is 0 Å². The maximum absolute atomic E-state index is 12.9. The zero-order chi connectivity index (χ0) is 14.8. The van der Waals surface area contributed by atoms with E-state index in [2.05, 4.69) is 22.2 Å². The van der Waals surface area contributed by atoms with E-state index in [9.17, 15) is 4.39 Å². The molecular formula is C15H22FN3O. The maximum Gasteiger partial charge on any atom is 0.191 e. The van der Waals surface area contributed by atoms with Crippen molar-refractivity contribution in [2.75, 3.05) is 26.7 Å². The normalized spacial score (nSPS) is 12.8. The molecule has 1 unspecified atom stereocenters. The fraction of sp³-hybridized carbons (Fsp3) is 0.400. The van der Waals surface area contributed by atoms with Gasteiger partial charge in [0.05, 0.1) is 6.54 Å². The van der Waals surface area contributed by atoms with Gasteiger partial charge in [-0.2, -0.15) is 0 Å². The van der Waals surface area contributed by atoms with E-state index in [1.165, 1.54) is 12.1 Å². The van der Waals surface area contributed by atoms with E-state index in [0.29, 0.717) is 19.0 Å². The minimum Gasteiger partial charge on any atom is -0.375 e. The standard InChI is InChI=1S/C15H22FN3O/c1-4-10-18-15(17-5-2)19-11-14(20-3)12-6-8-13(16)9-7-12/h4,6-9,14H,1,5,10-11H2,2-3H3,(H2,17,18,19). The molecule has 0 fully saturated rings. The van der Waals surface area contributed by atoms with Crippen LogP contribution >= 0.6 is 0 Å². The second-order valence-corrected chi connectivity index (χ2v) is 4.17. The van der Waals surface area contributed by atoms with Gasteiger partial charge in [0.1, 0.15) is 11.9 Å². The molecule has 0 aliphatic rings. The number of methoxy groups -OCH3 is 1. The Hall–Kier alpha value is -1.88. The summed E-state index contributed by atoms with van der Waals surface area (Å²) in [4.78, 5) is 4.45. The Morgan fingerprint density at radius 3 is 2.65 bits per heavy atom. The van der Waals surface area contributed by atoms with E-state index < -0.39 is 0 Å². The summed E-state index contributed by atoms with van der Waals surface area (Å²) in [5.74, 6) is 0.449. The first kappa shape index (κ1) is 16.2. The van der Waals surface area contributed by atoms with Crippen LogP contribution in [-0.4, -0.2) is 32.7 Å². The average Bonchev–Trinajstić information content (AvgIpc) is 2.47. The molecule has 0 aromatic heterocycles. The highest BCUT2D eigenvalue weighted by molar-refractivity contribution is 5.79. The molecule has 0 saturated heterocycles. The van der Waals surface area contributed by atoms with Crippen molar-refractivity contribution in [2.24, 2.45) is 4.99 Å². The Morgan fingerprint density at radius 1 is 1.40 bits per heavy atom. The topological polar surface area (TPSA) is 45.7 Å². The summed E-state index contributed by atoms with van der Waals surface area (Å²) in [6.45, 7) is 7.52. The van der Waals surface area contributed by atoms with Gasteiger partial charge in [0, 0.05) is 20.2 Å². The first-order chi connectivity index (χ1) is 9.71. The van der Waals surface area contributed by atoms with Crippen LogP contribution in [0.3, 0.4) is 0 Å². The molecule has 5 heteroatoms. The van der Waals surface area contributed by atoms with Crippen molar-refractivity contribution in [3.8, 4) is 0 Å². The number of halogens is 1. The summed E-state index contributed by atoms with van der Waals surface area (Å²) in [7, 11) is 1.62. The average molecular weight is 279 g/mol. The maximum atomic E-state index is 12.9. The Bertz CT molecular complexity index is 431. The lowest BCUT2D eigenvalue weighted by atomic mass is 10.1. The molecule has 0 aliphatic carbocycles. The molecule has 20 heavy (non-hydrogen) atoms. The van der Waals surface area contributed by atoms with E-state index in [-0.39, 0.29) is 11.9 Å². The third-order valence-electron chi connectivity index (χ3n) is 2.70. The number of benzene rings is 1. The van der Waals surface area contributed by atoms with Crippen LogP contribution in [0.5, 0.6) is 0 Å². The lowest BCUT2D eigenvalue weighted by Gasteiger charge is -2.15. The van der Waals surface area contributed by atoms with Gasteiger partial charge < -0.3 is 15.4 Å². The quantitative estimate of drug-likeness (QED) is 0.457. The Morgan fingerprint density at radius 2 is 2.10 bits per heavy atom. The van der Waals surface area contributed by atoms with Crippen LogP contribution in [0, 0.1) is 5.82 Å². The van der Waals surface area contributed by atoms with Crippen LogP contribution in [0.15, 0.2) is 41.9 Å². The fourth-order valence-electron chi connectivity index (χ4n) is 1.68. The lowest BCUT2D eigenvalue weighted by Crippen LogP contribution is -2.37. The smallest absolute Gasteiger partial charge is 0.191 e. The SMILES string of the molecule is C=CCNC(=NCC(OC)c1ccc(F)cc1)NCC. The van der Waals surface area contributed by atoms with Gasteiger partial charge in [-0.1, -0.05) is 18.2 Å². The fourth-order valence-corrected chi connectivity index (χ4v) is 1.68. The van der Waals surface area contributed by atoms with Gasteiger partial charge in [-0.3, -0.25) is 4.99 Å². The van der Waals surface area contributed by atoms with Gasteiger partial charge in [0.25, 0.3) is 0 Å². The summed E-state index contributed by atoms with van der Waals surface area (Å²) in [5, 5.41) is 6.25. The van der Waals surface area contributed by atoms with Gasteiger partial charge in [-0.25, -0.2) is 4.39 Å². The molecule has 0 aliphatic heterocycles. The van der Waals surface area contributed by atoms with E-state index in [0.717, 1.165) is 12.1 Å². The van der Waals surface area contributed by atoms with E-state index in [1.54, 1.807) is 25.3 Å². The predicted octanol–water partition coefficient (Wildman–Crippen LogP) is 2.25. The number of nitrogens with zero attached hydrogens (tertiary/aromatic N) is 1. The van der Waals surface area contributed by atoms with Crippen LogP contribution in [0.2, 0.25) is 0 Å². The molecular weight excluding hydrogens is 257 g/mol. The summed E-state index contributed by atoms with van der Waals surface area (Å²) in [6.07, 6.45) is 1.57. The first-order valence-electron chi connectivity index (χ1n) is 6.62. The molecule has 1 rings (SSSR count). The highest BCUT2D eigenvalue weighted by atomic mass is 19.1. The van der Waals surface area contributed by atoms with Gasteiger partial charge in [0.15, 0.2) is 5.96 Å². The van der Waals surface area contributed by atoms with Crippen LogP contribution in [-0.2, 0) is 4.74 Å². The molecule has 0 spiro atoms. The molecule has 1 aromatic carbocycles. The predicted molar refractivity (Wildman–Crippen MR) is 80.3 cm³/mol. The summed E-state index contributed by atoms with van der Waals surface area (Å²) in [5.41, 5.74) is 0.900. The molecule has 110 valence electrons. The largest absolute Gasteiger partial charge is 0.375 e. The zero-order valence-corrected chi connectivity index (χ0v) is 12.0. The van der Waals surface area contributed by atoms with Gasteiger partial charge >= 0.3 is 0 Å². The molecule has 0 amide bonds. The van der Waals surface area contributed by atoms with Crippen LogP contribution in [0.25, 0.3) is 0 Å². The minimum absolute atomic E-state index is 0.199. The number of aliphatic imine (C=N–C) groups is 1. The van der Waals surface area contributed by atoms with E-state index in [1.807, 2.05) is 6.92 Å². The molecule has 1 atom stereocenters. The monoisotopic (exact) mass is 279 g/mol. The third kappa shape index (κ3) is 5.40. The molecule has 0 bridgehead atoms. The second-order valence-electron chi connectivity index (χ2n) is 4.17. The number of hydrogen-bond donors (Lipinski definition) is 2. The Labute approximate surface area is 119 Å². The Balaban J connectivity index is 2.70. The summed E-state index contributed by atoms with van der Waals surface area (Å²) in [6, 6.07) is 6.27. The van der Waals surface area contributed by atoms with Gasteiger partial charge in [-0.15, -0.1) is 6.58 Å². The number of ether oxygens (including phenoxy) is 1. The first-order valence-corrected chi connectivity index (χ1v) is 6.62. The molecule has 0 radical (unpaired) electrons. The van der Waals surface area contributed by atoms with Crippen molar-refractivity contribution >= 4 is 5.96 Å². The number of nitrogens with one attached hydrogen (secondary N) is 2. The van der Waals surface area contributed by atoms with Crippen LogP contribution in [0.1, 0.15) is 18.6 Å². The molecule has 0 heterocycles. The number of hydrogen-bond acceptors (Lipinski definition) is 2. The highest BCUT2D eigenvalue weighted by Gasteiger charge is 2.10. The molecule has 4 nitrogen and oxygen atoms in total. The van der Waals surface area contributed by atoms with Crippen LogP contribution < -0.4 is 10.6 Å². The van der Waals surface area contributed by atoms with Gasteiger partial charge in [-0.05, 0) is 24.6 Å². The molecule has 0 saturated carbocycles. The third-order valence-corrected chi connectivity index (χ3v) is 2.70. The minimum atomic E-state index is -0.256. The van der Waals surface area contributed by atoms with Crippen LogP contribution in [0.4, 0.5) is 4.39 Å². The van der Waals surface area contributed by atoms with Crippen molar-refractivity contribution in [3.05, 3.63) is 48.3 Å². The van der Waals surface area contributed by atoms with E-state index >= 15 is 0 Å².